The van der Waals surface area contributed by atoms with Crippen LogP contribution in [0.2, 0.25) is 0 Å². The average Bonchev–Trinajstić information content (AvgIpc) is 2.60. The minimum Gasteiger partial charge on any atom is -0.478 e. The van der Waals surface area contributed by atoms with Crippen LogP contribution in [0.15, 0.2) is 28.2 Å². The Kier molecular flexibility index (Phi) is 6.81. The molecule has 6 nitrogen and oxygen atoms in total. The normalized spacial score (nSPS) is 11.7. The summed E-state index contributed by atoms with van der Waals surface area (Å²) in [5, 5.41) is 10.0. The molecule has 0 unspecified atom stereocenters. The van der Waals surface area contributed by atoms with Crippen molar-refractivity contribution in [1.82, 2.24) is 9.55 Å². The van der Waals surface area contributed by atoms with Crippen LogP contribution in [-0.4, -0.2) is 32.2 Å². The molecular weight excluding hydrogens is 364 g/mol. The fraction of sp³-hybridized carbons (Fsp3) is 0.500. The number of thioether (sulfide) groups is 1. The number of unbranched alkanes of at least 4 members (excludes halogenated alkanes) is 2. The molecule has 0 bridgehead atoms. The van der Waals surface area contributed by atoms with Crippen LogP contribution in [0.3, 0.4) is 0 Å². The van der Waals surface area contributed by atoms with Crippen molar-refractivity contribution in [1.29, 1.82) is 0 Å². The molecule has 0 saturated carbocycles. The maximum atomic E-state index is 12.9. The number of carbonyl (C=O) groups excluding carboxylic acids is 1. The lowest BCUT2D eigenvalue weighted by molar-refractivity contribution is -0.123. The van der Waals surface area contributed by atoms with Crippen LogP contribution >= 0.6 is 11.8 Å². The molecule has 1 aromatic heterocycles. The first kappa shape index (κ1) is 21.2. The first-order valence-electron chi connectivity index (χ1n) is 9.09. The Morgan fingerprint density at radius 3 is 2.52 bits per heavy atom. The van der Waals surface area contributed by atoms with Crippen molar-refractivity contribution in [2.45, 2.75) is 58.7 Å². The summed E-state index contributed by atoms with van der Waals surface area (Å²) >= 11 is 1.24. The number of Topliss-reactive ketones (excluding diaryl/α,β-unsaturated/α-hetero) is 1. The molecule has 7 heteroatoms. The molecule has 0 fully saturated rings. The lowest BCUT2D eigenvalue weighted by atomic mass is 9.92. The van der Waals surface area contributed by atoms with E-state index < -0.39 is 11.4 Å². The van der Waals surface area contributed by atoms with Crippen LogP contribution in [-0.2, 0) is 11.3 Å². The Labute approximate surface area is 163 Å². The number of ketones is 1. The highest BCUT2D eigenvalue weighted by Gasteiger charge is 2.22. The van der Waals surface area contributed by atoms with Crippen molar-refractivity contribution >= 4 is 34.4 Å². The number of hydrogen-bond acceptors (Lipinski definition) is 5. The van der Waals surface area contributed by atoms with Gasteiger partial charge in [-0.05, 0) is 24.6 Å². The third-order valence-corrected chi connectivity index (χ3v) is 5.30. The molecule has 1 aromatic carbocycles. The van der Waals surface area contributed by atoms with E-state index in [9.17, 15) is 19.5 Å². The zero-order valence-electron chi connectivity index (χ0n) is 16.2. The number of aromatic carboxylic acids is 1. The topological polar surface area (TPSA) is 89.3 Å². The minimum absolute atomic E-state index is 0.0706. The molecule has 0 atom stereocenters. The number of benzene rings is 1. The number of carboxylic acids is 1. The van der Waals surface area contributed by atoms with Gasteiger partial charge in [0.25, 0.3) is 5.56 Å². The lowest BCUT2D eigenvalue weighted by Gasteiger charge is -2.17. The molecule has 0 spiro atoms. The number of rotatable bonds is 8. The van der Waals surface area contributed by atoms with Crippen molar-refractivity contribution in [3.05, 3.63) is 34.1 Å². The smallest absolute Gasteiger partial charge is 0.335 e. The zero-order chi connectivity index (χ0) is 20.2. The number of carbonyl (C=O) groups is 2. The molecule has 2 aromatic rings. The van der Waals surface area contributed by atoms with E-state index >= 15 is 0 Å². The maximum absolute atomic E-state index is 12.9. The zero-order valence-corrected chi connectivity index (χ0v) is 17.1. The van der Waals surface area contributed by atoms with E-state index in [1.807, 2.05) is 20.8 Å². The molecule has 1 N–H and O–H groups in total. The summed E-state index contributed by atoms with van der Waals surface area (Å²) in [5.74, 6) is -0.780. The number of nitrogens with zero attached hydrogens (tertiary/aromatic N) is 2. The van der Waals surface area contributed by atoms with Gasteiger partial charge in [0.15, 0.2) is 5.16 Å². The third-order valence-electron chi connectivity index (χ3n) is 4.32. The fourth-order valence-electron chi connectivity index (χ4n) is 2.51. The van der Waals surface area contributed by atoms with Crippen LogP contribution in [0.5, 0.6) is 0 Å². The quantitative estimate of drug-likeness (QED) is 0.416. The maximum Gasteiger partial charge on any atom is 0.335 e. The second-order valence-electron chi connectivity index (χ2n) is 7.56. The van der Waals surface area contributed by atoms with Gasteiger partial charge in [-0.2, -0.15) is 0 Å². The summed E-state index contributed by atoms with van der Waals surface area (Å²) in [6, 6.07) is 4.34. The van der Waals surface area contributed by atoms with Gasteiger partial charge >= 0.3 is 5.97 Å². The van der Waals surface area contributed by atoms with Gasteiger partial charge in [0.1, 0.15) is 5.78 Å². The summed E-state index contributed by atoms with van der Waals surface area (Å²) in [5.41, 5.74) is -0.232. The van der Waals surface area contributed by atoms with Crippen LogP contribution in [0.1, 0.15) is 57.3 Å². The highest BCUT2D eigenvalue weighted by Crippen LogP contribution is 2.23. The average molecular weight is 391 g/mol. The van der Waals surface area contributed by atoms with Gasteiger partial charge in [0.2, 0.25) is 0 Å². The Bertz CT molecular complexity index is 913. The summed E-state index contributed by atoms with van der Waals surface area (Å²) in [6.45, 7) is 8.19. The summed E-state index contributed by atoms with van der Waals surface area (Å²) in [6.07, 6.45) is 2.87. The Hall–Kier alpha value is -2.15. The molecule has 0 aliphatic rings. The number of hydrogen-bond donors (Lipinski definition) is 1. The van der Waals surface area contributed by atoms with Crippen LogP contribution in [0, 0.1) is 5.41 Å². The van der Waals surface area contributed by atoms with Crippen molar-refractivity contribution < 1.29 is 14.7 Å². The predicted octanol–water partition coefficient (Wildman–Crippen LogP) is 3.99. The van der Waals surface area contributed by atoms with E-state index in [0.717, 1.165) is 19.3 Å². The molecule has 0 aliphatic carbocycles. The SMILES string of the molecule is CCCCCn1c(SCC(=O)C(C)(C)C)nc2cc(C(=O)O)ccc2c1=O. The van der Waals surface area contributed by atoms with Gasteiger partial charge in [-0.3, -0.25) is 14.2 Å². The van der Waals surface area contributed by atoms with E-state index in [-0.39, 0.29) is 22.7 Å². The first-order chi connectivity index (χ1) is 12.6. The van der Waals surface area contributed by atoms with Gasteiger partial charge in [-0.25, -0.2) is 9.78 Å². The van der Waals surface area contributed by atoms with Crippen LogP contribution < -0.4 is 5.56 Å². The van der Waals surface area contributed by atoms with Crippen molar-refractivity contribution in [2.24, 2.45) is 5.41 Å². The number of carboxylic acid groups (broad SMARTS) is 1. The van der Waals surface area contributed by atoms with E-state index in [2.05, 4.69) is 11.9 Å². The van der Waals surface area contributed by atoms with E-state index in [4.69, 9.17) is 0 Å². The van der Waals surface area contributed by atoms with Gasteiger partial charge in [-0.1, -0.05) is 52.3 Å². The minimum atomic E-state index is -1.07. The van der Waals surface area contributed by atoms with E-state index in [1.54, 1.807) is 4.57 Å². The molecule has 1 heterocycles. The highest BCUT2D eigenvalue weighted by atomic mass is 32.2. The number of fused-ring (bicyclic) bond motifs is 1. The Morgan fingerprint density at radius 2 is 1.93 bits per heavy atom. The van der Waals surface area contributed by atoms with E-state index in [0.29, 0.717) is 22.6 Å². The van der Waals surface area contributed by atoms with Crippen LogP contribution in [0.4, 0.5) is 0 Å². The van der Waals surface area contributed by atoms with Crippen molar-refractivity contribution in [3.8, 4) is 0 Å². The lowest BCUT2D eigenvalue weighted by Crippen LogP contribution is -2.26. The predicted molar refractivity (Wildman–Crippen MR) is 108 cm³/mol. The van der Waals surface area contributed by atoms with Gasteiger partial charge in [-0.15, -0.1) is 0 Å². The number of aromatic nitrogens is 2. The first-order valence-corrected chi connectivity index (χ1v) is 10.1. The molecule has 0 saturated heterocycles. The third kappa shape index (κ3) is 5.19. The molecule has 0 aliphatic heterocycles. The Morgan fingerprint density at radius 1 is 1.22 bits per heavy atom. The monoisotopic (exact) mass is 390 g/mol. The van der Waals surface area contributed by atoms with Crippen molar-refractivity contribution in [2.75, 3.05) is 5.75 Å². The van der Waals surface area contributed by atoms with E-state index in [1.165, 1.54) is 30.0 Å². The van der Waals surface area contributed by atoms with Gasteiger partial charge in [0, 0.05) is 12.0 Å². The van der Waals surface area contributed by atoms with Crippen LogP contribution in [0.25, 0.3) is 10.9 Å². The van der Waals surface area contributed by atoms with Gasteiger partial charge in [0.05, 0.1) is 22.2 Å². The largest absolute Gasteiger partial charge is 0.478 e. The van der Waals surface area contributed by atoms with Crippen molar-refractivity contribution in [3.63, 3.8) is 0 Å². The summed E-state index contributed by atoms with van der Waals surface area (Å²) < 4.78 is 1.61. The summed E-state index contributed by atoms with van der Waals surface area (Å²) in [7, 11) is 0. The molecule has 0 radical (unpaired) electrons. The molecule has 2 rings (SSSR count). The standard InChI is InChI=1S/C20H26N2O4S/c1-5-6-7-10-22-17(24)14-9-8-13(18(25)26)11-15(14)21-19(22)27-12-16(23)20(2,3)4/h8-9,11H,5-7,10,12H2,1-4H3,(H,25,26). The molecule has 0 amide bonds. The summed E-state index contributed by atoms with van der Waals surface area (Å²) in [4.78, 5) is 41.0. The molecule has 146 valence electrons. The second kappa shape index (κ2) is 8.69. The second-order valence-corrected chi connectivity index (χ2v) is 8.50. The van der Waals surface area contributed by atoms with Gasteiger partial charge < -0.3 is 5.11 Å². The Balaban J connectivity index is 2.48. The highest BCUT2D eigenvalue weighted by molar-refractivity contribution is 7.99. The fourth-order valence-corrected chi connectivity index (χ4v) is 3.69. The molecule has 27 heavy (non-hydrogen) atoms. The molecular formula is C20H26N2O4S.